The zero-order valence-corrected chi connectivity index (χ0v) is 8.66. The van der Waals surface area contributed by atoms with Gasteiger partial charge < -0.3 is 4.90 Å². The Balaban J connectivity index is 3.21. The lowest BCUT2D eigenvalue weighted by Gasteiger charge is -2.12. The van der Waals surface area contributed by atoms with Gasteiger partial charge in [-0.2, -0.15) is 0 Å². The maximum Gasteiger partial charge on any atom is 0.253 e. The summed E-state index contributed by atoms with van der Waals surface area (Å²) < 4.78 is 0. The summed E-state index contributed by atoms with van der Waals surface area (Å²) in [5, 5.41) is 0. The van der Waals surface area contributed by atoms with Gasteiger partial charge in [0.15, 0.2) is 0 Å². The molecule has 1 aromatic rings. The predicted molar refractivity (Wildman–Crippen MR) is 57.1 cm³/mol. The highest BCUT2D eigenvalue weighted by molar-refractivity contribution is 5.95. The molecule has 0 unspecified atom stereocenters. The standard InChI is InChI=1S/C12H13NO/c1-5-10-7-6-9(2)11(8-10)12(14)13(3)4/h1,6-8H,2-4H3. The van der Waals surface area contributed by atoms with Gasteiger partial charge in [-0.05, 0) is 24.6 Å². The summed E-state index contributed by atoms with van der Waals surface area (Å²) in [5.74, 6) is 2.50. The Kier molecular flexibility index (Phi) is 2.93. The number of terminal acetylenes is 1. The van der Waals surface area contributed by atoms with Crippen LogP contribution in [-0.2, 0) is 0 Å². The topological polar surface area (TPSA) is 20.3 Å². The van der Waals surface area contributed by atoms with Gasteiger partial charge in [0.25, 0.3) is 5.91 Å². The molecule has 2 heteroatoms. The number of hydrogen-bond acceptors (Lipinski definition) is 1. The van der Waals surface area contributed by atoms with Gasteiger partial charge in [0, 0.05) is 25.2 Å². The fourth-order valence-corrected chi connectivity index (χ4v) is 1.18. The van der Waals surface area contributed by atoms with E-state index in [9.17, 15) is 4.79 Å². The Labute approximate surface area is 84.5 Å². The minimum absolute atomic E-state index is 0.0143. The molecule has 2 nitrogen and oxygen atoms in total. The summed E-state index contributed by atoms with van der Waals surface area (Å²) in [5.41, 5.74) is 2.36. The second-order valence-electron chi connectivity index (χ2n) is 3.37. The third-order valence-corrected chi connectivity index (χ3v) is 2.04. The van der Waals surface area contributed by atoms with Crippen LogP contribution in [0, 0.1) is 19.3 Å². The Morgan fingerprint density at radius 1 is 1.43 bits per heavy atom. The van der Waals surface area contributed by atoms with Crippen LogP contribution in [0.2, 0.25) is 0 Å². The van der Waals surface area contributed by atoms with Crippen molar-refractivity contribution < 1.29 is 4.79 Å². The van der Waals surface area contributed by atoms with Crippen molar-refractivity contribution in [3.05, 3.63) is 34.9 Å². The normalized spacial score (nSPS) is 9.29. The molecule has 0 saturated carbocycles. The molecule has 0 bridgehead atoms. The van der Waals surface area contributed by atoms with Crippen LogP contribution in [0.4, 0.5) is 0 Å². The average Bonchev–Trinajstić information content (AvgIpc) is 2.17. The van der Waals surface area contributed by atoms with Crippen LogP contribution in [-0.4, -0.2) is 24.9 Å². The highest BCUT2D eigenvalue weighted by atomic mass is 16.2. The molecule has 0 aliphatic rings. The van der Waals surface area contributed by atoms with Crippen LogP contribution < -0.4 is 0 Å². The molecular weight excluding hydrogens is 174 g/mol. The lowest BCUT2D eigenvalue weighted by molar-refractivity contribution is 0.0827. The Morgan fingerprint density at radius 2 is 2.07 bits per heavy atom. The Morgan fingerprint density at radius 3 is 2.57 bits per heavy atom. The SMILES string of the molecule is C#Cc1ccc(C)c(C(=O)N(C)C)c1. The molecule has 0 spiro atoms. The summed E-state index contributed by atoms with van der Waals surface area (Å²) in [7, 11) is 3.45. The first-order chi connectivity index (χ1) is 6.56. The van der Waals surface area contributed by atoms with E-state index in [1.54, 1.807) is 25.1 Å². The zero-order valence-electron chi connectivity index (χ0n) is 8.66. The molecular formula is C12H13NO. The van der Waals surface area contributed by atoms with E-state index in [-0.39, 0.29) is 5.91 Å². The smallest absolute Gasteiger partial charge is 0.253 e. The summed E-state index contributed by atoms with van der Waals surface area (Å²) in [6, 6.07) is 5.45. The maximum absolute atomic E-state index is 11.7. The molecule has 0 radical (unpaired) electrons. The van der Waals surface area contributed by atoms with E-state index in [1.165, 1.54) is 0 Å². The molecule has 0 aliphatic carbocycles. The van der Waals surface area contributed by atoms with Crippen LogP contribution in [0.15, 0.2) is 18.2 Å². The fraction of sp³-hybridized carbons (Fsp3) is 0.250. The molecule has 1 aromatic carbocycles. The third kappa shape index (κ3) is 1.94. The van der Waals surface area contributed by atoms with E-state index in [0.717, 1.165) is 11.1 Å². The number of hydrogen-bond donors (Lipinski definition) is 0. The quantitative estimate of drug-likeness (QED) is 0.612. The molecule has 0 atom stereocenters. The molecule has 1 amide bonds. The van der Waals surface area contributed by atoms with Gasteiger partial charge in [0.05, 0.1) is 0 Å². The van der Waals surface area contributed by atoms with Crippen LogP contribution in [0.5, 0.6) is 0 Å². The van der Waals surface area contributed by atoms with E-state index in [4.69, 9.17) is 6.42 Å². The first kappa shape index (κ1) is 10.3. The lowest BCUT2D eigenvalue weighted by atomic mass is 10.0. The van der Waals surface area contributed by atoms with E-state index < -0.39 is 0 Å². The predicted octanol–water partition coefficient (Wildman–Crippen LogP) is 1.68. The third-order valence-electron chi connectivity index (χ3n) is 2.04. The van der Waals surface area contributed by atoms with Crippen molar-refractivity contribution in [2.75, 3.05) is 14.1 Å². The van der Waals surface area contributed by atoms with Crippen LogP contribution in [0.25, 0.3) is 0 Å². The van der Waals surface area contributed by atoms with Crippen molar-refractivity contribution in [3.63, 3.8) is 0 Å². The van der Waals surface area contributed by atoms with Crippen molar-refractivity contribution >= 4 is 5.91 Å². The van der Waals surface area contributed by atoms with Gasteiger partial charge in [-0.3, -0.25) is 4.79 Å². The fourth-order valence-electron chi connectivity index (χ4n) is 1.18. The van der Waals surface area contributed by atoms with Crippen molar-refractivity contribution in [1.29, 1.82) is 0 Å². The number of carbonyl (C=O) groups is 1. The van der Waals surface area contributed by atoms with Crippen LogP contribution in [0.3, 0.4) is 0 Å². The molecule has 0 fully saturated rings. The number of rotatable bonds is 1. The molecule has 0 N–H and O–H groups in total. The summed E-state index contributed by atoms with van der Waals surface area (Å²) in [6.07, 6.45) is 5.27. The summed E-state index contributed by atoms with van der Waals surface area (Å²) >= 11 is 0. The molecule has 0 aliphatic heterocycles. The molecule has 1 rings (SSSR count). The Hall–Kier alpha value is -1.75. The van der Waals surface area contributed by atoms with Crippen molar-refractivity contribution in [2.24, 2.45) is 0 Å². The van der Waals surface area contributed by atoms with Gasteiger partial charge in [-0.1, -0.05) is 12.0 Å². The zero-order chi connectivity index (χ0) is 10.7. The molecule has 72 valence electrons. The summed E-state index contributed by atoms with van der Waals surface area (Å²) in [6.45, 7) is 1.90. The highest BCUT2D eigenvalue weighted by Gasteiger charge is 2.10. The molecule has 0 heterocycles. The van der Waals surface area contributed by atoms with Gasteiger partial charge >= 0.3 is 0 Å². The Bertz CT molecular complexity index is 399. The second-order valence-corrected chi connectivity index (χ2v) is 3.37. The number of aryl methyl sites for hydroxylation is 1. The first-order valence-electron chi connectivity index (χ1n) is 4.35. The number of benzene rings is 1. The average molecular weight is 187 g/mol. The highest BCUT2D eigenvalue weighted by Crippen LogP contribution is 2.12. The molecule has 0 saturated heterocycles. The van der Waals surface area contributed by atoms with Gasteiger partial charge in [0.2, 0.25) is 0 Å². The van der Waals surface area contributed by atoms with Crippen LogP contribution in [0.1, 0.15) is 21.5 Å². The number of carbonyl (C=O) groups excluding carboxylic acids is 1. The van der Waals surface area contributed by atoms with Gasteiger partial charge in [0.1, 0.15) is 0 Å². The maximum atomic E-state index is 11.7. The minimum Gasteiger partial charge on any atom is -0.345 e. The van der Waals surface area contributed by atoms with Crippen LogP contribution >= 0.6 is 0 Å². The van der Waals surface area contributed by atoms with E-state index in [2.05, 4.69) is 5.92 Å². The number of nitrogens with zero attached hydrogens (tertiary/aromatic N) is 1. The van der Waals surface area contributed by atoms with Crippen molar-refractivity contribution in [1.82, 2.24) is 4.90 Å². The van der Waals surface area contributed by atoms with Crippen molar-refractivity contribution in [2.45, 2.75) is 6.92 Å². The van der Waals surface area contributed by atoms with E-state index in [1.807, 2.05) is 19.1 Å². The number of amides is 1. The summed E-state index contributed by atoms with van der Waals surface area (Å²) in [4.78, 5) is 13.2. The lowest BCUT2D eigenvalue weighted by Crippen LogP contribution is -2.22. The van der Waals surface area contributed by atoms with E-state index in [0.29, 0.717) is 5.56 Å². The van der Waals surface area contributed by atoms with Gasteiger partial charge in [-0.15, -0.1) is 6.42 Å². The van der Waals surface area contributed by atoms with E-state index >= 15 is 0 Å². The molecule has 0 aromatic heterocycles. The van der Waals surface area contributed by atoms with Gasteiger partial charge in [-0.25, -0.2) is 0 Å². The first-order valence-corrected chi connectivity index (χ1v) is 4.35. The second kappa shape index (κ2) is 3.97. The van der Waals surface area contributed by atoms with Crippen molar-refractivity contribution in [3.8, 4) is 12.3 Å². The monoisotopic (exact) mass is 187 g/mol. The largest absolute Gasteiger partial charge is 0.345 e. The minimum atomic E-state index is -0.0143. The molecule has 14 heavy (non-hydrogen) atoms.